The van der Waals surface area contributed by atoms with E-state index in [2.05, 4.69) is 40.0 Å². The summed E-state index contributed by atoms with van der Waals surface area (Å²) in [6, 6.07) is 8.19. The summed E-state index contributed by atoms with van der Waals surface area (Å²) in [6.07, 6.45) is 0.616. The van der Waals surface area contributed by atoms with E-state index in [0.29, 0.717) is 12.3 Å². The molecule has 2 heterocycles. The molecule has 20 heavy (non-hydrogen) atoms. The van der Waals surface area contributed by atoms with Crippen LogP contribution in [0.15, 0.2) is 29.6 Å². The highest BCUT2D eigenvalue weighted by Gasteiger charge is 2.31. The van der Waals surface area contributed by atoms with Crippen LogP contribution in [-0.4, -0.2) is 22.8 Å². The quantitative estimate of drug-likeness (QED) is 0.787. The fourth-order valence-electron chi connectivity index (χ4n) is 2.44. The lowest BCUT2D eigenvalue weighted by atomic mass is 10.1. The normalized spacial score (nSPS) is 18.8. The van der Waals surface area contributed by atoms with E-state index in [-0.39, 0.29) is 5.91 Å². The fraction of sp³-hybridized carbons (Fsp3) is 0.333. The van der Waals surface area contributed by atoms with Crippen molar-refractivity contribution in [3.8, 4) is 11.3 Å². The summed E-state index contributed by atoms with van der Waals surface area (Å²) in [6.45, 7) is 2.85. The number of carbonyl (C=O) groups excluding carboxylic acids is 1. The first kappa shape index (κ1) is 13.8. The van der Waals surface area contributed by atoms with Crippen LogP contribution in [0.1, 0.15) is 12.0 Å². The molecule has 1 unspecified atom stereocenters. The van der Waals surface area contributed by atoms with Crippen LogP contribution >= 0.6 is 27.3 Å². The van der Waals surface area contributed by atoms with Gasteiger partial charge >= 0.3 is 0 Å². The zero-order valence-electron chi connectivity index (χ0n) is 11.2. The number of aryl methyl sites for hydroxylation is 1. The molecule has 0 N–H and O–H groups in total. The van der Waals surface area contributed by atoms with E-state index in [1.54, 1.807) is 11.3 Å². The summed E-state index contributed by atoms with van der Waals surface area (Å²) in [7, 11) is 0. The molecule has 0 bridgehead atoms. The van der Waals surface area contributed by atoms with Crippen LogP contribution in [0.25, 0.3) is 11.3 Å². The molecule has 0 saturated carbocycles. The van der Waals surface area contributed by atoms with Crippen LogP contribution in [-0.2, 0) is 4.79 Å². The zero-order valence-corrected chi connectivity index (χ0v) is 13.6. The lowest BCUT2D eigenvalue weighted by molar-refractivity contribution is -0.117. The van der Waals surface area contributed by atoms with Gasteiger partial charge in [-0.15, -0.1) is 11.3 Å². The van der Waals surface area contributed by atoms with Crippen molar-refractivity contribution in [3.05, 3.63) is 35.2 Å². The van der Waals surface area contributed by atoms with Crippen molar-refractivity contribution in [2.75, 3.05) is 16.8 Å². The number of alkyl halides is 1. The molecule has 1 saturated heterocycles. The predicted molar refractivity (Wildman–Crippen MR) is 86.5 cm³/mol. The van der Waals surface area contributed by atoms with E-state index < -0.39 is 0 Å². The molecular formula is C15H15BrN2OS. The van der Waals surface area contributed by atoms with Gasteiger partial charge in [0.25, 0.3) is 0 Å². The van der Waals surface area contributed by atoms with Crippen LogP contribution in [0.3, 0.4) is 0 Å². The number of hydrogen-bond donors (Lipinski definition) is 0. The molecule has 1 amide bonds. The molecule has 1 aromatic heterocycles. The number of aromatic nitrogens is 1. The number of rotatable bonds is 3. The number of carbonyl (C=O) groups is 1. The second-order valence-corrected chi connectivity index (χ2v) is 6.54. The summed E-state index contributed by atoms with van der Waals surface area (Å²) in [5, 5.41) is 3.72. The van der Waals surface area contributed by atoms with Gasteiger partial charge in [-0.1, -0.05) is 40.2 Å². The topological polar surface area (TPSA) is 33.2 Å². The lowest BCUT2D eigenvalue weighted by Gasteiger charge is -2.11. The molecule has 104 valence electrons. The Bertz CT molecular complexity index is 640. The molecule has 1 aromatic carbocycles. The third-order valence-corrected chi connectivity index (χ3v) is 5.35. The van der Waals surface area contributed by atoms with Gasteiger partial charge in [0.1, 0.15) is 0 Å². The Balaban J connectivity index is 1.88. The first-order valence-corrected chi connectivity index (χ1v) is 8.57. The van der Waals surface area contributed by atoms with Gasteiger partial charge in [0.15, 0.2) is 5.13 Å². The van der Waals surface area contributed by atoms with Crippen molar-refractivity contribution < 1.29 is 4.79 Å². The number of halogens is 1. The molecule has 0 aliphatic carbocycles. The molecule has 1 aliphatic heterocycles. The molecule has 3 nitrogen and oxygen atoms in total. The maximum Gasteiger partial charge on any atom is 0.229 e. The van der Waals surface area contributed by atoms with Gasteiger partial charge in [0.05, 0.1) is 5.69 Å². The van der Waals surface area contributed by atoms with Crippen LogP contribution in [0.4, 0.5) is 5.13 Å². The predicted octanol–water partition coefficient (Wildman–Crippen LogP) is 3.87. The summed E-state index contributed by atoms with van der Waals surface area (Å²) >= 11 is 5.00. The Morgan fingerprint density at radius 3 is 2.95 bits per heavy atom. The molecule has 1 fully saturated rings. The maximum atomic E-state index is 12.0. The van der Waals surface area contributed by atoms with Crippen molar-refractivity contribution >= 4 is 38.3 Å². The molecule has 1 aliphatic rings. The number of anilines is 1. The van der Waals surface area contributed by atoms with Crippen LogP contribution in [0.5, 0.6) is 0 Å². The van der Waals surface area contributed by atoms with Crippen molar-refractivity contribution in [1.29, 1.82) is 0 Å². The number of hydrogen-bond acceptors (Lipinski definition) is 3. The highest BCUT2D eigenvalue weighted by atomic mass is 79.9. The summed E-state index contributed by atoms with van der Waals surface area (Å²) in [5.41, 5.74) is 3.30. The summed E-state index contributed by atoms with van der Waals surface area (Å²) in [5.74, 6) is 0.577. The molecular weight excluding hydrogens is 336 g/mol. The Labute approximate surface area is 130 Å². The zero-order chi connectivity index (χ0) is 14.1. The maximum absolute atomic E-state index is 12.0. The van der Waals surface area contributed by atoms with Crippen molar-refractivity contribution in [1.82, 2.24) is 4.98 Å². The van der Waals surface area contributed by atoms with Gasteiger partial charge in [0, 0.05) is 29.2 Å². The average molecular weight is 351 g/mol. The van der Waals surface area contributed by atoms with Crippen molar-refractivity contribution in [2.24, 2.45) is 5.92 Å². The lowest BCUT2D eigenvalue weighted by Crippen LogP contribution is -2.24. The fourth-order valence-corrected chi connectivity index (χ4v) is 3.73. The standard InChI is InChI=1S/C15H15BrN2OS/c1-10-4-2-3-5-12(10)13-9-20-15(17-13)18-8-11(7-16)6-14(18)19/h2-5,9,11H,6-8H2,1H3. The minimum absolute atomic E-state index is 0.181. The molecule has 1 atom stereocenters. The summed E-state index contributed by atoms with van der Waals surface area (Å²) < 4.78 is 0. The van der Waals surface area contributed by atoms with E-state index >= 15 is 0 Å². The van der Waals surface area contributed by atoms with Crippen molar-refractivity contribution in [2.45, 2.75) is 13.3 Å². The van der Waals surface area contributed by atoms with Gasteiger partial charge in [-0.25, -0.2) is 4.98 Å². The number of nitrogens with zero attached hydrogens (tertiary/aromatic N) is 2. The largest absolute Gasteiger partial charge is 0.288 e. The highest BCUT2D eigenvalue weighted by Crippen LogP contribution is 2.32. The van der Waals surface area contributed by atoms with Crippen LogP contribution < -0.4 is 4.90 Å². The molecule has 5 heteroatoms. The first-order chi connectivity index (χ1) is 9.69. The minimum atomic E-state index is 0.181. The van der Waals surface area contributed by atoms with E-state index in [1.165, 1.54) is 5.56 Å². The number of amides is 1. The second kappa shape index (κ2) is 5.66. The Hall–Kier alpha value is -1.20. The third kappa shape index (κ3) is 2.52. The molecule has 2 aromatic rings. The van der Waals surface area contributed by atoms with Gasteiger partial charge < -0.3 is 0 Å². The Morgan fingerprint density at radius 2 is 2.25 bits per heavy atom. The Kier molecular flexibility index (Phi) is 3.89. The van der Waals surface area contributed by atoms with E-state index in [4.69, 9.17) is 0 Å². The SMILES string of the molecule is Cc1ccccc1-c1csc(N2CC(CBr)CC2=O)n1. The highest BCUT2D eigenvalue weighted by molar-refractivity contribution is 9.09. The molecule has 0 spiro atoms. The van der Waals surface area contributed by atoms with Gasteiger partial charge in [-0.05, 0) is 18.4 Å². The number of benzene rings is 1. The monoisotopic (exact) mass is 350 g/mol. The number of thiazole rings is 1. The third-order valence-electron chi connectivity index (χ3n) is 3.57. The van der Waals surface area contributed by atoms with Gasteiger partial charge in [-0.2, -0.15) is 0 Å². The Morgan fingerprint density at radius 1 is 1.45 bits per heavy atom. The average Bonchev–Trinajstić information content (AvgIpc) is 3.05. The molecule has 3 rings (SSSR count). The van der Waals surface area contributed by atoms with Gasteiger partial charge in [-0.3, -0.25) is 9.69 Å². The molecule has 0 radical (unpaired) electrons. The summed E-state index contributed by atoms with van der Waals surface area (Å²) in [4.78, 5) is 18.5. The van der Waals surface area contributed by atoms with E-state index in [0.717, 1.165) is 28.3 Å². The van der Waals surface area contributed by atoms with E-state index in [9.17, 15) is 4.79 Å². The van der Waals surface area contributed by atoms with Crippen LogP contribution in [0.2, 0.25) is 0 Å². The first-order valence-electron chi connectivity index (χ1n) is 6.57. The smallest absolute Gasteiger partial charge is 0.229 e. The minimum Gasteiger partial charge on any atom is -0.288 e. The second-order valence-electron chi connectivity index (χ2n) is 5.06. The van der Waals surface area contributed by atoms with E-state index in [1.807, 2.05) is 22.4 Å². The van der Waals surface area contributed by atoms with Crippen molar-refractivity contribution in [3.63, 3.8) is 0 Å². The van der Waals surface area contributed by atoms with Crippen LogP contribution in [0, 0.1) is 12.8 Å². The van der Waals surface area contributed by atoms with Gasteiger partial charge in [0.2, 0.25) is 5.91 Å².